The molecular formula is C8H11N5S. The summed E-state index contributed by atoms with van der Waals surface area (Å²) in [5.41, 5.74) is 1.83. The van der Waals surface area contributed by atoms with Gasteiger partial charge < -0.3 is 5.32 Å². The zero-order valence-corrected chi connectivity index (χ0v) is 8.66. The van der Waals surface area contributed by atoms with Crippen molar-refractivity contribution >= 4 is 17.2 Å². The van der Waals surface area contributed by atoms with Crippen LogP contribution in [0, 0.1) is 0 Å². The number of hydrogen-bond donors (Lipinski definition) is 1. The van der Waals surface area contributed by atoms with E-state index in [1.54, 1.807) is 17.5 Å². The highest BCUT2D eigenvalue weighted by atomic mass is 32.1. The number of anilines is 1. The molecule has 0 bridgehead atoms. The highest BCUT2D eigenvalue weighted by Crippen LogP contribution is 2.09. The molecule has 0 saturated heterocycles. The molecule has 74 valence electrons. The van der Waals surface area contributed by atoms with E-state index in [2.05, 4.69) is 20.6 Å². The van der Waals surface area contributed by atoms with E-state index in [1.165, 1.54) is 4.88 Å². The van der Waals surface area contributed by atoms with Crippen LogP contribution in [-0.2, 0) is 13.1 Å². The summed E-state index contributed by atoms with van der Waals surface area (Å²) in [6.45, 7) is 3.63. The molecule has 0 aromatic carbocycles. The summed E-state index contributed by atoms with van der Waals surface area (Å²) in [5.74, 6) is 0.945. The van der Waals surface area contributed by atoms with E-state index in [0.717, 1.165) is 18.9 Å². The number of nitrogens with zero attached hydrogens (tertiary/aromatic N) is 4. The Labute approximate surface area is 85.8 Å². The quantitative estimate of drug-likeness (QED) is 0.826. The minimum Gasteiger partial charge on any atom is -0.364 e. The van der Waals surface area contributed by atoms with Gasteiger partial charge >= 0.3 is 0 Å². The molecular weight excluding hydrogens is 198 g/mol. The number of rotatable bonds is 4. The lowest BCUT2D eigenvalue weighted by atomic mass is 10.5. The van der Waals surface area contributed by atoms with Crippen LogP contribution < -0.4 is 5.32 Å². The first kappa shape index (κ1) is 9.14. The molecule has 0 fully saturated rings. The summed E-state index contributed by atoms with van der Waals surface area (Å²) in [5, 5.41) is 11.0. The average Bonchev–Trinajstić information content (AvgIpc) is 2.85. The Bertz CT molecular complexity index is 380. The molecule has 0 aliphatic heterocycles. The summed E-state index contributed by atoms with van der Waals surface area (Å²) in [6, 6.07) is 0. The second kappa shape index (κ2) is 4.19. The van der Waals surface area contributed by atoms with Crippen LogP contribution in [0.25, 0.3) is 0 Å². The second-order valence-corrected chi connectivity index (χ2v) is 3.73. The van der Waals surface area contributed by atoms with Crippen LogP contribution in [0.1, 0.15) is 11.8 Å². The zero-order chi connectivity index (χ0) is 9.80. The van der Waals surface area contributed by atoms with Crippen molar-refractivity contribution in [2.75, 3.05) is 5.32 Å². The van der Waals surface area contributed by atoms with E-state index >= 15 is 0 Å². The van der Waals surface area contributed by atoms with E-state index in [9.17, 15) is 0 Å². The molecule has 1 N–H and O–H groups in total. The summed E-state index contributed by atoms with van der Waals surface area (Å²) in [7, 11) is 0. The topological polar surface area (TPSA) is 55.6 Å². The maximum absolute atomic E-state index is 4.01. The minimum atomic E-state index is 0.776. The zero-order valence-electron chi connectivity index (χ0n) is 7.84. The molecule has 2 heterocycles. The molecule has 0 aliphatic carbocycles. The Morgan fingerprint density at radius 3 is 3.14 bits per heavy atom. The van der Waals surface area contributed by atoms with Crippen molar-refractivity contribution in [3.05, 3.63) is 22.8 Å². The molecule has 2 aromatic heterocycles. The SMILES string of the molecule is CCn1nncc1NCc1cncs1. The molecule has 2 aromatic rings. The molecule has 6 heteroatoms. The van der Waals surface area contributed by atoms with Crippen LogP contribution in [0.5, 0.6) is 0 Å². The van der Waals surface area contributed by atoms with Gasteiger partial charge in [-0.2, -0.15) is 0 Å². The third-order valence-corrected chi connectivity index (χ3v) is 2.62. The van der Waals surface area contributed by atoms with E-state index < -0.39 is 0 Å². The van der Waals surface area contributed by atoms with Gasteiger partial charge in [0.05, 0.1) is 18.3 Å². The Hall–Kier alpha value is -1.43. The van der Waals surface area contributed by atoms with Gasteiger partial charge in [-0.05, 0) is 6.92 Å². The monoisotopic (exact) mass is 209 g/mol. The Kier molecular flexibility index (Phi) is 2.73. The van der Waals surface area contributed by atoms with Gasteiger partial charge in [0.15, 0.2) is 0 Å². The van der Waals surface area contributed by atoms with Crippen molar-refractivity contribution < 1.29 is 0 Å². The van der Waals surface area contributed by atoms with E-state index in [-0.39, 0.29) is 0 Å². The van der Waals surface area contributed by atoms with Gasteiger partial charge in [-0.3, -0.25) is 4.98 Å². The highest BCUT2D eigenvalue weighted by Gasteiger charge is 2.01. The molecule has 0 spiro atoms. The summed E-state index contributed by atoms with van der Waals surface area (Å²) in [4.78, 5) is 5.21. The Balaban J connectivity index is 1.98. The van der Waals surface area contributed by atoms with Gasteiger partial charge in [0, 0.05) is 17.6 Å². The molecule has 0 unspecified atom stereocenters. The number of nitrogens with one attached hydrogen (secondary N) is 1. The van der Waals surface area contributed by atoms with Crippen molar-refractivity contribution in [2.45, 2.75) is 20.0 Å². The fourth-order valence-corrected chi connectivity index (χ4v) is 1.67. The highest BCUT2D eigenvalue weighted by molar-refractivity contribution is 7.09. The molecule has 2 rings (SSSR count). The van der Waals surface area contributed by atoms with Crippen molar-refractivity contribution in [1.29, 1.82) is 0 Å². The van der Waals surface area contributed by atoms with E-state index in [4.69, 9.17) is 0 Å². The van der Waals surface area contributed by atoms with Crippen molar-refractivity contribution in [1.82, 2.24) is 20.0 Å². The number of hydrogen-bond acceptors (Lipinski definition) is 5. The fraction of sp³-hybridized carbons (Fsp3) is 0.375. The second-order valence-electron chi connectivity index (χ2n) is 2.76. The first-order chi connectivity index (χ1) is 6.90. The number of thiazole rings is 1. The molecule has 0 atom stereocenters. The van der Waals surface area contributed by atoms with Crippen LogP contribution in [0.3, 0.4) is 0 Å². The molecule has 0 aliphatic rings. The van der Waals surface area contributed by atoms with Crippen molar-refractivity contribution in [3.63, 3.8) is 0 Å². The lowest BCUT2D eigenvalue weighted by Crippen LogP contribution is -2.05. The van der Waals surface area contributed by atoms with Crippen molar-refractivity contribution in [2.24, 2.45) is 0 Å². The third kappa shape index (κ3) is 1.90. The molecule has 5 nitrogen and oxygen atoms in total. The van der Waals surface area contributed by atoms with Crippen LogP contribution >= 0.6 is 11.3 Å². The lowest BCUT2D eigenvalue weighted by molar-refractivity contribution is 0.631. The number of aromatic nitrogens is 4. The Morgan fingerprint density at radius 2 is 2.43 bits per heavy atom. The van der Waals surface area contributed by atoms with Gasteiger partial charge in [0.2, 0.25) is 0 Å². The van der Waals surface area contributed by atoms with Gasteiger partial charge in [0.1, 0.15) is 5.82 Å². The van der Waals surface area contributed by atoms with Crippen molar-refractivity contribution in [3.8, 4) is 0 Å². The first-order valence-corrected chi connectivity index (χ1v) is 5.28. The fourth-order valence-electron chi connectivity index (χ4n) is 1.14. The molecule has 14 heavy (non-hydrogen) atoms. The maximum Gasteiger partial charge on any atom is 0.145 e. The van der Waals surface area contributed by atoms with Crippen LogP contribution in [0.15, 0.2) is 17.9 Å². The largest absolute Gasteiger partial charge is 0.364 e. The average molecular weight is 209 g/mol. The normalized spacial score (nSPS) is 10.4. The third-order valence-electron chi connectivity index (χ3n) is 1.84. The first-order valence-electron chi connectivity index (χ1n) is 4.40. The predicted octanol–water partition coefficient (Wildman–Crippen LogP) is 1.37. The predicted molar refractivity (Wildman–Crippen MR) is 55.1 cm³/mol. The molecule has 0 amide bonds. The smallest absolute Gasteiger partial charge is 0.145 e. The van der Waals surface area contributed by atoms with Crippen LogP contribution in [0.4, 0.5) is 5.82 Å². The lowest BCUT2D eigenvalue weighted by Gasteiger charge is -2.04. The Morgan fingerprint density at radius 1 is 1.50 bits per heavy atom. The van der Waals surface area contributed by atoms with Crippen LogP contribution in [0.2, 0.25) is 0 Å². The minimum absolute atomic E-state index is 0.776. The summed E-state index contributed by atoms with van der Waals surface area (Å²) < 4.78 is 1.82. The molecule has 0 saturated carbocycles. The van der Waals surface area contributed by atoms with E-state index in [1.807, 2.05) is 23.3 Å². The summed E-state index contributed by atoms with van der Waals surface area (Å²) in [6.07, 6.45) is 3.59. The standard InChI is InChI=1S/C8H11N5S/c1-2-13-8(5-11-12-13)10-4-7-3-9-6-14-7/h3,5-6,10H,2,4H2,1H3. The molecule has 0 radical (unpaired) electrons. The van der Waals surface area contributed by atoms with E-state index in [0.29, 0.717) is 0 Å². The van der Waals surface area contributed by atoms with Gasteiger partial charge in [-0.15, -0.1) is 16.4 Å². The van der Waals surface area contributed by atoms with Crippen LogP contribution in [-0.4, -0.2) is 20.0 Å². The van der Waals surface area contributed by atoms with Gasteiger partial charge in [-0.1, -0.05) is 5.21 Å². The maximum atomic E-state index is 4.01. The number of aryl methyl sites for hydroxylation is 1. The van der Waals surface area contributed by atoms with Gasteiger partial charge in [-0.25, -0.2) is 4.68 Å². The summed E-state index contributed by atoms with van der Waals surface area (Å²) >= 11 is 1.63. The van der Waals surface area contributed by atoms with Gasteiger partial charge in [0.25, 0.3) is 0 Å².